The molecule has 142 valence electrons. The summed E-state index contributed by atoms with van der Waals surface area (Å²) in [6.07, 6.45) is 0.246. The van der Waals surface area contributed by atoms with E-state index in [1.54, 1.807) is 11.0 Å². The second-order valence-electron chi connectivity index (χ2n) is 7.06. The highest BCUT2D eigenvalue weighted by molar-refractivity contribution is 6.04. The fourth-order valence-electron chi connectivity index (χ4n) is 3.18. The van der Waals surface area contributed by atoms with E-state index >= 15 is 0 Å². The molecule has 26 heavy (non-hydrogen) atoms. The van der Waals surface area contributed by atoms with Crippen LogP contribution in [0.4, 0.5) is 11.4 Å². The second kappa shape index (κ2) is 8.80. The predicted molar refractivity (Wildman–Crippen MR) is 101 cm³/mol. The van der Waals surface area contributed by atoms with Gasteiger partial charge in [0.25, 0.3) is 11.8 Å². The lowest BCUT2D eigenvalue weighted by molar-refractivity contribution is -0.881. The summed E-state index contributed by atoms with van der Waals surface area (Å²) < 4.78 is 0. The van der Waals surface area contributed by atoms with Crippen molar-refractivity contribution < 1.29 is 19.3 Å². The number of rotatable bonds is 6. The molecule has 1 heterocycles. The Kier molecular flexibility index (Phi) is 6.74. The molecular formula is C19H29N4O3+. The van der Waals surface area contributed by atoms with Crippen molar-refractivity contribution in [3.8, 4) is 0 Å². The molecule has 0 aliphatic carbocycles. The zero-order chi connectivity index (χ0) is 19.3. The van der Waals surface area contributed by atoms with Crippen molar-refractivity contribution in [3.63, 3.8) is 0 Å². The zero-order valence-electron chi connectivity index (χ0n) is 16.0. The Labute approximate surface area is 154 Å². The Bertz CT molecular complexity index is 675. The number of nitrogens with one attached hydrogen (secondary N) is 3. The van der Waals surface area contributed by atoms with E-state index in [2.05, 4.69) is 10.6 Å². The molecule has 0 aromatic heterocycles. The number of hydrogen-bond acceptors (Lipinski definition) is 3. The molecule has 1 aliphatic heterocycles. The van der Waals surface area contributed by atoms with E-state index in [0.717, 1.165) is 4.90 Å². The predicted octanol–water partition coefficient (Wildman–Crippen LogP) is 0.180. The number of para-hydroxylation sites is 2. The normalized spacial score (nSPS) is 18.0. The molecule has 1 unspecified atom stereocenters. The van der Waals surface area contributed by atoms with E-state index in [9.17, 15) is 14.4 Å². The summed E-state index contributed by atoms with van der Waals surface area (Å²) in [6, 6.07) is 7.15. The van der Waals surface area contributed by atoms with Crippen LogP contribution in [-0.2, 0) is 14.4 Å². The van der Waals surface area contributed by atoms with Gasteiger partial charge in [0.15, 0.2) is 13.1 Å². The van der Waals surface area contributed by atoms with E-state index < -0.39 is 0 Å². The largest absolute Gasteiger partial charge is 0.349 e. The van der Waals surface area contributed by atoms with Gasteiger partial charge in [-0.3, -0.25) is 14.4 Å². The summed E-state index contributed by atoms with van der Waals surface area (Å²) in [4.78, 5) is 39.7. The summed E-state index contributed by atoms with van der Waals surface area (Å²) >= 11 is 0. The number of amides is 3. The Balaban J connectivity index is 2.16. The summed E-state index contributed by atoms with van der Waals surface area (Å²) in [6.45, 7) is 8.77. The number of nitrogens with zero attached hydrogens (tertiary/aromatic N) is 1. The van der Waals surface area contributed by atoms with Gasteiger partial charge in [0.2, 0.25) is 5.91 Å². The maximum atomic E-state index is 13.0. The molecule has 7 nitrogen and oxygen atoms in total. The van der Waals surface area contributed by atoms with E-state index in [1.165, 1.54) is 0 Å². The molecular weight excluding hydrogens is 332 g/mol. The van der Waals surface area contributed by atoms with E-state index in [1.807, 2.05) is 45.9 Å². The molecule has 0 radical (unpaired) electrons. The molecule has 1 aromatic carbocycles. The SMILES string of the molecule is CC[NH+](CC(=O)NC(C)C)CC(=O)N1c2ccccc2NC(=O)C[C@H]1C. The van der Waals surface area contributed by atoms with Crippen molar-refractivity contribution in [1.82, 2.24) is 5.32 Å². The first-order valence-electron chi connectivity index (χ1n) is 9.15. The van der Waals surface area contributed by atoms with Gasteiger partial charge < -0.3 is 20.4 Å². The van der Waals surface area contributed by atoms with Crippen LogP contribution in [0.25, 0.3) is 0 Å². The van der Waals surface area contributed by atoms with Gasteiger partial charge in [0, 0.05) is 18.5 Å². The minimum Gasteiger partial charge on any atom is -0.349 e. The Hall–Kier alpha value is -2.41. The second-order valence-corrected chi connectivity index (χ2v) is 7.06. The number of benzene rings is 1. The van der Waals surface area contributed by atoms with Gasteiger partial charge in [0.05, 0.1) is 17.9 Å². The highest BCUT2D eigenvalue weighted by atomic mass is 16.2. The highest BCUT2D eigenvalue weighted by Gasteiger charge is 2.31. The molecule has 0 saturated carbocycles. The first kappa shape index (κ1) is 19.9. The van der Waals surface area contributed by atoms with Crippen LogP contribution in [0.5, 0.6) is 0 Å². The maximum Gasteiger partial charge on any atom is 0.282 e. The lowest BCUT2D eigenvalue weighted by Crippen LogP contribution is -3.14. The molecule has 3 N–H and O–H groups in total. The number of anilines is 2. The third-order valence-corrected chi connectivity index (χ3v) is 4.39. The monoisotopic (exact) mass is 361 g/mol. The van der Waals surface area contributed by atoms with Gasteiger partial charge in [-0.2, -0.15) is 0 Å². The smallest absolute Gasteiger partial charge is 0.282 e. The van der Waals surface area contributed by atoms with Gasteiger partial charge in [-0.1, -0.05) is 12.1 Å². The molecule has 0 bridgehead atoms. The average molecular weight is 361 g/mol. The number of carbonyl (C=O) groups is 3. The molecule has 0 spiro atoms. The Morgan fingerprint density at radius 3 is 2.65 bits per heavy atom. The van der Waals surface area contributed by atoms with Crippen LogP contribution in [0.15, 0.2) is 24.3 Å². The van der Waals surface area contributed by atoms with Crippen LogP contribution >= 0.6 is 0 Å². The zero-order valence-corrected chi connectivity index (χ0v) is 16.0. The molecule has 2 atom stereocenters. The topological polar surface area (TPSA) is 82.9 Å². The van der Waals surface area contributed by atoms with Crippen LogP contribution in [0.1, 0.15) is 34.1 Å². The standard InChI is InChI=1S/C19H28N4O3/c1-5-22(11-18(25)20-13(2)3)12-19(26)23-14(4)10-17(24)21-15-8-6-7-9-16(15)23/h6-9,13-14H,5,10-12H2,1-4H3,(H,20,25)(H,21,24)/p+1/t14-/m1/s1. The summed E-state index contributed by atoms with van der Waals surface area (Å²) in [5.74, 6) is -0.252. The van der Waals surface area contributed by atoms with Crippen LogP contribution in [-0.4, -0.2) is 49.4 Å². The van der Waals surface area contributed by atoms with Gasteiger partial charge in [-0.25, -0.2) is 0 Å². The molecule has 1 aliphatic rings. The van der Waals surface area contributed by atoms with E-state index in [-0.39, 0.29) is 49.3 Å². The fourth-order valence-corrected chi connectivity index (χ4v) is 3.18. The third kappa shape index (κ3) is 5.05. The molecule has 2 rings (SSSR count). The first-order valence-corrected chi connectivity index (χ1v) is 9.15. The maximum absolute atomic E-state index is 13.0. The minimum absolute atomic E-state index is 0.0641. The highest BCUT2D eigenvalue weighted by Crippen LogP contribution is 2.30. The third-order valence-electron chi connectivity index (χ3n) is 4.39. The van der Waals surface area contributed by atoms with E-state index in [4.69, 9.17) is 0 Å². The van der Waals surface area contributed by atoms with Gasteiger partial charge in [-0.05, 0) is 39.8 Å². The summed E-state index contributed by atoms with van der Waals surface area (Å²) in [5, 5.41) is 5.72. The van der Waals surface area contributed by atoms with Crippen LogP contribution < -0.4 is 20.4 Å². The van der Waals surface area contributed by atoms with Crippen LogP contribution in [0.2, 0.25) is 0 Å². The number of likely N-dealkylation sites (N-methyl/N-ethyl adjacent to an activating group) is 1. The lowest BCUT2D eigenvalue weighted by atomic mass is 10.1. The Morgan fingerprint density at radius 2 is 2.00 bits per heavy atom. The lowest BCUT2D eigenvalue weighted by Gasteiger charge is -2.29. The number of carbonyl (C=O) groups excluding carboxylic acids is 3. The Morgan fingerprint density at radius 1 is 1.31 bits per heavy atom. The molecule has 0 fully saturated rings. The van der Waals surface area contributed by atoms with Gasteiger partial charge >= 0.3 is 0 Å². The summed E-state index contributed by atoms with van der Waals surface area (Å²) in [5.41, 5.74) is 1.35. The van der Waals surface area contributed by atoms with Gasteiger partial charge in [0.1, 0.15) is 0 Å². The molecule has 1 aromatic rings. The number of hydrogen-bond donors (Lipinski definition) is 3. The van der Waals surface area contributed by atoms with Crippen molar-refractivity contribution in [3.05, 3.63) is 24.3 Å². The molecule has 0 saturated heterocycles. The fraction of sp³-hybridized carbons (Fsp3) is 0.526. The van der Waals surface area contributed by atoms with Crippen LogP contribution in [0.3, 0.4) is 0 Å². The average Bonchev–Trinajstić information content (AvgIpc) is 2.67. The van der Waals surface area contributed by atoms with Crippen molar-refractivity contribution in [2.24, 2.45) is 0 Å². The first-order chi connectivity index (χ1) is 12.3. The van der Waals surface area contributed by atoms with E-state index in [0.29, 0.717) is 17.9 Å². The molecule has 7 heteroatoms. The van der Waals surface area contributed by atoms with Crippen molar-refractivity contribution in [2.45, 2.75) is 46.2 Å². The van der Waals surface area contributed by atoms with Crippen molar-refractivity contribution in [1.29, 1.82) is 0 Å². The quantitative estimate of drug-likeness (QED) is 0.676. The van der Waals surface area contributed by atoms with Gasteiger partial charge in [-0.15, -0.1) is 0 Å². The summed E-state index contributed by atoms with van der Waals surface area (Å²) in [7, 11) is 0. The van der Waals surface area contributed by atoms with Crippen molar-refractivity contribution in [2.75, 3.05) is 29.9 Å². The van der Waals surface area contributed by atoms with Crippen LogP contribution in [0, 0.1) is 0 Å². The number of quaternary nitrogens is 1. The van der Waals surface area contributed by atoms with Crippen molar-refractivity contribution >= 4 is 29.1 Å². The number of fused-ring (bicyclic) bond motifs is 1. The molecule has 3 amide bonds. The minimum atomic E-state index is -0.242.